The van der Waals surface area contributed by atoms with E-state index < -0.39 is 6.04 Å². The first-order valence-corrected chi connectivity index (χ1v) is 5.06. The molecule has 76 valence electrons. The zero-order chi connectivity index (χ0) is 10.6. The second-order valence-corrected chi connectivity index (χ2v) is 3.84. The first kappa shape index (κ1) is 11.2. The summed E-state index contributed by atoms with van der Waals surface area (Å²) in [6.45, 7) is 1.85. The standard InChI is InChI=1S/C10H12BrNO2/c1-7(12)10(13)14-6-8-4-2-3-5-9(8)11/h2-5,7H,6,12H2,1H3. The molecule has 1 atom stereocenters. The summed E-state index contributed by atoms with van der Waals surface area (Å²) in [5.74, 6) is -0.388. The van der Waals surface area contributed by atoms with E-state index in [2.05, 4.69) is 15.9 Å². The molecule has 0 aliphatic heterocycles. The van der Waals surface area contributed by atoms with E-state index in [4.69, 9.17) is 10.5 Å². The lowest BCUT2D eigenvalue weighted by Crippen LogP contribution is -2.28. The van der Waals surface area contributed by atoms with Gasteiger partial charge < -0.3 is 10.5 Å². The van der Waals surface area contributed by atoms with Crippen molar-refractivity contribution >= 4 is 21.9 Å². The largest absolute Gasteiger partial charge is 0.460 e. The lowest BCUT2D eigenvalue weighted by atomic mass is 10.2. The third-order valence-electron chi connectivity index (χ3n) is 1.70. The summed E-state index contributed by atoms with van der Waals surface area (Å²) in [7, 11) is 0. The molecule has 0 saturated heterocycles. The van der Waals surface area contributed by atoms with E-state index >= 15 is 0 Å². The van der Waals surface area contributed by atoms with E-state index in [1.807, 2.05) is 24.3 Å². The second-order valence-electron chi connectivity index (χ2n) is 2.99. The van der Waals surface area contributed by atoms with Crippen molar-refractivity contribution in [1.82, 2.24) is 0 Å². The Kier molecular flexibility index (Phi) is 4.10. The van der Waals surface area contributed by atoms with Gasteiger partial charge in [-0.15, -0.1) is 0 Å². The van der Waals surface area contributed by atoms with E-state index in [0.717, 1.165) is 10.0 Å². The van der Waals surface area contributed by atoms with Crippen LogP contribution >= 0.6 is 15.9 Å². The Bertz CT molecular complexity index is 326. The minimum absolute atomic E-state index is 0.252. The van der Waals surface area contributed by atoms with Gasteiger partial charge in [0.1, 0.15) is 12.6 Å². The van der Waals surface area contributed by atoms with Crippen LogP contribution in [0.3, 0.4) is 0 Å². The minimum atomic E-state index is -0.572. The van der Waals surface area contributed by atoms with Gasteiger partial charge in [-0.1, -0.05) is 34.1 Å². The summed E-state index contributed by atoms with van der Waals surface area (Å²) in [5.41, 5.74) is 6.28. The lowest BCUT2D eigenvalue weighted by molar-refractivity contribution is -0.146. The van der Waals surface area contributed by atoms with Gasteiger partial charge >= 0.3 is 5.97 Å². The van der Waals surface area contributed by atoms with E-state index in [1.54, 1.807) is 6.92 Å². The van der Waals surface area contributed by atoms with Gasteiger partial charge in [-0.05, 0) is 13.0 Å². The predicted molar refractivity (Wildman–Crippen MR) is 57.6 cm³/mol. The summed E-state index contributed by atoms with van der Waals surface area (Å²) in [6, 6.07) is 7.01. The molecule has 2 N–H and O–H groups in total. The molecule has 0 radical (unpaired) electrons. The van der Waals surface area contributed by atoms with Crippen LogP contribution in [0.1, 0.15) is 12.5 Å². The highest BCUT2D eigenvalue weighted by molar-refractivity contribution is 9.10. The molecule has 0 heterocycles. The van der Waals surface area contributed by atoms with Crippen LogP contribution in [0.5, 0.6) is 0 Å². The molecule has 1 aromatic carbocycles. The van der Waals surface area contributed by atoms with Crippen molar-refractivity contribution in [3.05, 3.63) is 34.3 Å². The highest BCUT2D eigenvalue weighted by atomic mass is 79.9. The number of esters is 1. The van der Waals surface area contributed by atoms with Crippen molar-refractivity contribution in [2.75, 3.05) is 0 Å². The fraction of sp³-hybridized carbons (Fsp3) is 0.300. The molecule has 0 aromatic heterocycles. The third kappa shape index (κ3) is 3.12. The highest BCUT2D eigenvalue weighted by Crippen LogP contribution is 2.16. The smallest absolute Gasteiger partial charge is 0.322 e. The molecule has 0 spiro atoms. The average Bonchev–Trinajstić information content (AvgIpc) is 2.16. The van der Waals surface area contributed by atoms with E-state index in [1.165, 1.54) is 0 Å². The first-order valence-electron chi connectivity index (χ1n) is 4.27. The fourth-order valence-corrected chi connectivity index (χ4v) is 1.30. The normalized spacial score (nSPS) is 12.2. The molecule has 4 heteroatoms. The van der Waals surface area contributed by atoms with Gasteiger partial charge in [0.05, 0.1) is 0 Å². The molecule has 1 rings (SSSR count). The predicted octanol–water partition coefficient (Wildman–Crippen LogP) is 1.84. The SMILES string of the molecule is CC(N)C(=O)OCc1ccccc1Br. The quantitative estimate of drug-likeness (QED) is 0.841. The first-order chi connectivity index (χ1) is 6.61. The van der Waals surface area contributed by atoms with Crippen LogP contribution < -0.4 is 5.73 Å². The van der Waals surface area contributed by atoms with E-state index in [0.29, 0.717) is 0 Å². The lowest BCUT2D eigenvalue weighted by Gasteiger charge is -2.08. The summed E-state index contributed by atoms with van der Waals surface area (Å²) in [4.78, 5) is 11.1. The topological polar surface area (TPSA) is 52.3 Å². The summed E-state index contributed by atoms with van der Waals surface area (Å²) < 4.78 is 5.90. The van der Waals surface area contributed by atoms with E-state index in [9.17, 15) is 4.79 Å². The minimum Gasteiger partial charge on any atom is -0.460 e. The molecular formula is C10H12BrNO2. The Morgan fingerprint density at radius 1 is 1.57 bits per heavy atom. The number of hydrogen-bond acceptors (Lipinski definition) is 3. The maximum atomic E-state index is 11.1. The second kappa shape index (κ2) is 5.12. The highest BCUT2D eigenvalue weighted by Gasteiger charge is 2.09. The molecule has 0 bridgehead atoms. The molecule has 14 heavy (non-hydrogen) atoms. The van der Waals surface area contributed by atoms with Gasteiger partial charge in [0.25, 0.3) is 0 Å². The summed E-state index contributed by atoms with van der Waals surface area (Å²) >= 11 is 3.36. The van der Waals surface area contributed by atoms with Gasteiger partial charge in [-0.2, -0.15) is 0 Å². The zero-order valence-corrected chi connectivity index (χ0v) is 9.45. The van der Waals surface area contributed by atoms with Crippen molar-refractivity contribution in [2.24, 2.45) is 5.73 Å². The molecule has 0 amide bonds. The molecule has 0 aliphatic carbocycles. The number of ether oxygens (including phenoxy) is 1. The van der Waals surface area contributed by atoms with Crippen molar-refractivity contribution in [3.8, 4) is 0 Å². The number of halogens is 1. The van der Waals surface area contributed by atoms with Crippen LogP contribution in [-0.4, -0.2) is 12.0 Å². The molecule has 0 aliphatic rings. The van der Waals surface area contributed by atoms with Crippen LogP contribution in [0.2, 0.25) is 0 Å². The Balaban J connectivity index is 2.54. The number of benzene rings is 1. The van der Waals surface area contributed by atoms with Gasteiger partial charge in [-0.3, -0.25) is 4.79 Å². The van der Waals surface area contributed by atoms with Crippen LogP contribution in [0.15, 0.2) is 28.7 Å². The van der Waals surface area contributed by atoms with Crippen molar-refractivity contribution in [3.63, 3.8) is 0 Å². The number of rotatable bonds is 3. The monoisotopic (exact) mass is 257 g/mol. The Morgan fingerprint density at radius 3 is 2.79 bits per heavy atom. The maximum Gasteiger partial charge on any atom is 0.322 e. The van der Waals surface area contributed by atoms with E-state index in [-0.39, 0.29) is 12.6 Å². The molecular weight excluding hydrogens is 246 g/mol. The van der Waals surface area contributed by atoms with Gasteiger partial charge in [-0.25, -0.2) is 0 Å². The fourth-order valence-electron chi connectivity index (χ4n) is 0.896. The summed E-state index contributed by atoms with van der Waals surface area (Å²) in [6.07, 6.45) is 0. The van der Waals surface area contributed by atoms with Gasteiger partial charge in [0.15, 0.2) is 0 Å². The molecule has 3 nitrogen and oxygen atoms in total. The average molecular weight is 258 g/mol. The summed E-state index contributed by atoms with van der Waals surface area (Å²) in [5, 5.41) is 0. The van der Waals surface area contributed by atoms with Crippen LogP contribution in [0, 0.1) is 0 Å². The number of hydrogen-bond donors (Lipinski definition) is 1. The van der Waals surface area contributed by atoms with Crippen LogP contribution in [0.4, 0.5) is 0 Å². The van der Waals surface area contributed by atoms with Crippen molar-refractivity contribution in [2.45, 2.75) is 19.6 Å². The van der Waals surface area contributed by atoms with Crippen molar-refractivity contribution in [1.29, 1.82) is 0 Å². The molecule has 0 fully saturated rings. The Morgan fingerprint density at radius 2 is 2.21 bits per heavy atom. The van der Waals surface area contributed by atoms with Crippen LogP contribution in [-0.2, 0) is 16.1 Å². The Labute approximate surface area is 91.4 Å². The number of nitrogens with two attached hydrogens (primary N) is 1. The zero-order valence-electron chi connectivity index (χ0n) is 7.87. The van der Waals surface area contributed by atoms with Crippen LogP contribution in [0.25, 0.3) is 0 Å². The molecule has 1 aromatic rings. The van der Waals surface area contributed by atoms with Gasteiger partial charge in [0, 0.05) is 10.0 Å². The third-order valence-corrected chi connectivity index (χ3v) is 2.47. The van der Waals surface area contributed by atoms with Gasteiger partial charge in [0.2, 0.25) is 0 Å². The molecule has 1 unspecified atom stereocenters. The Hall–Kier alpha value is -0.870. The maximum absolute atomic E-state index is 11.1. The molecule has 0 saturated carbocycles. The van der Waals surface area contributed by atoms with Crippen molar-refractivity contribution < 1.29 is 9.53 Å². The number of carbonyl (C=O) groups is 1. The number of carbonyl (C=O) groups excluding carboxylic acids is 1.